The lowest BCUT2D eigenvalue weighted by Crippen LogP contribution is -2.50. The Morgan fingerprint density at radius 2 is 1.96 bits per heavy atom. The molecule has 1 aromatic carbocycles. The second-order valence-corrected chi connectivity index (χ2v) is 7.00. The molecule has 1 spiro atoms. The van der Waals surface area contributed by atoms with E-state index >= 15 is 0 Å². The van der Waals surface area contributed by atoms with E-state index in [1.54, 1.807) is 0 Å². The maximum absolute atomic E-state index is 12.6. The van der Waals surface area contributed by atoms with Crippen LogP contribution in [0, 0.1) is 13.8 Å². The summed E-state index contributed by atoms with van der Waals surface area (Å²) in [6, 6.07) is 7.72. The molecule has 0 saturated carbocycles. The number of aryl methyl sites for hydroxylation is 2. The number of likely N-dealkylation sites (tertiary alicyclic amines) is 1. The Balaban J connectivity index is 1.64. The molecule has 2 aliphatic heterocycles. The van der Waals surface area contributed by atoms with Gasteiger partial charge < -0.3 is 19.8 Å². The number of carbonyl (C=O) groups excluding carboxylic acids is 1. The van der Waals surface area contributed by atoms with Gasteiger partial charge in [0.15, 0.2) is 0 Å². The molecule has 3 heterocycles. The molecule has 8 nitrogen and oxygen atoms in total. The van der Waals surface area contributed by atoms with Gasteiger partial charge in [-0.1, -0.05) is 23.4 Å². The average Bonchev–Trinajstić information content (AvgIpc) is 3.15. The monoisotopic (exact) mass is 368 g/mol. The highest BCUT2D eigenvalue weighted by Gasteiger charge is 2.46. The van der Waals surface area contributed by atoms with Crippen LogP contribution in [0.4, 0.5) is 4.79 Å². The molecule has 140 valence electrons. The molecule has 8 heteroatoms. The van der Waals surface area contributed by atoms with E-state index < -0.39 is 11.6 Å². The van der Waals surface area contributed by atoms with Crippen LogP contribution in [0.1, 0.15) is 29.9 Å². The lowest BCUT2D eigenvalue weighted by atomic mass is 9.88. The molecule has 27 heavy (non-hydrogen) atoms. The van der Waals surface area contributed by atoms with Gasteiger partial charge in [-0.3, -0.25) is 9.79 Å². The molecule has 0 aliphatic carbocycles. The number of benzene rings is 1. The van der Waals surface area contributed by atoms with Gasteiger partial charge >= 0.3 is 6.09 Å². The van der Waals surface area contributed by atoms with E-state index in [1.807, 2.05) is 38.1 Å². The summed E-state index contributed by atoms with van der Waals surface area (Å²) in [5.74, 6) is 1.10. The van der Waals surface area contributed by atoms with Gasteiger partial charge in [-0.2, -0.15) is 0 Å². The van der Waals surface area contributed by atoms with Crippen LogP contribution >= 0.6 is 0 Å². The number of nitrogens with zero attached hydrogens (tertiary/aromatic N) is 3. The van der Waals surface area contributed by atoms with Gasteiger partial charge in [0.2, 0.25) is 0 Å². The summed E-state index contributed by atoms with van der Waals surface area (Å²) in [5.41, 5.74) is 2.62. The van der Waals surface area contributed by atoms with E-state index in [-0.39, 0.29) is 5.91 Å². The highest BCUT2D eigenvalue weighted by atomic mass is 16.5. The van der Waals surface area contributed by atoms with Gasteiger partial charge in [-0.15, -0.1) is 0 Å². The van der Waals surface area contributed by atoms with E-state index in [2.05, 4.69) is 15.5 Å². The molecule has 2 aliphatic rings. The van der Waals surface area contributed by atoms with Crippen LogP contribution < -0.4 is 5.32 Å². The first-order valence-corrected chi connectivity index (χ1v) is 8.82. The van der Waals surface area contributed by atoms with Gasteiger partial charge in [-0.25, -0.2) is 4.79 Å². The fourth-order valence-electron chi connectivity index (χ4n) is 3.78. The number of piperidine rings is 1. The van der Waals surface area contributed by atoms with Crippen LogP contribution in [0.5, 0.6) is 0 Å². The van der Waals surface area contributed by atoms with Crippen LogP contribution in [0.3, 0.4) is 0 Å². The Morgan fingerprint density at radius 1 is 1.26 bits per heavy atom. The molecule has 0 bridgehead atoms. The van der Waals surface area contributed by atoms with Gasteiger partial charge in [0.05, 0.1) is 5.69 Å². The molecule has 4 rings (SSSR count). The number of aromatic nitrogens is 1. The maximum Gasteiger partial charge on any atom is 0.407 e. The lowest BCUT2D eigenvalue weighted by Gasteiger charge is -2.33. The van der Waals surface area contributed by atoms with Crippen LogP contribution in [-0.2, 0) is 4.79 Å². The molecule has 1 saturated heterocycles. The second-order valence-electron chi connectivity index (χ2n) is 7.00. The molecule has 1 fully saturated rings. The zero-order valence-electron chi connectivity index (χ0n) is 15.2. The minimum absolute atomic E-state index is 0.162. The quantitative estimate of drug-likeness (QED) is 0.846. The number of carboxylic acid groups (broad SMARTS) is 1. The topological polar surface area (TPSA) is 108 Å². The second kappa shape index (κ2) is 6.22. The average molecular weight is 368 g/mol. The number of rotatable bonds is 2. The smallest absolute Gasteiger partial charge is 0.407 e. The molecule has 0 atom stereocenters. The van der Waals surface area contributed by atoms with E-state index in [4.69, 9.17) is 9.63 Å². The van der Waals surface area contributed by atoms with E-state index in [0.717, 1.165) is 28.1 Å². The molecular formula is C19H20N4O4. The van der Waals surface area contributed by atoms with Crippen molar-refractivity contribution >= 4 is 17.8 Å². The first kappa shape index (κ1) is 17.3. The molecule has 2 aromatic rings. The Morgan fingerprint density at radius 3 is 2.59 bits per heavy atom. The fraction of sp³-hybridized carbons (Fsp3) is 0.368. The van der Waals surface area contributed by atoms with Gasteiger partial charge in [0.1, 0.15) is 17.1 Å². The number of hydrogen-bond donors (Lipinski definition) is 2. The number of aliphatic imine (C=N–C) groups is 1. The third-order valence-corrected chi connectivity index (χ3v) is 5.30. The fourth-order valence-corrected chi connectivity index (χ4v) is 3.78. The van der Waals surface area contributed by atoms with Crippen molar-refractivity contribution in [1.82, 2.24) is 15.4 Å². The minimum Gasteiger partial charge on any atom is -0.465 e. The van der Waals surface area contributed by atoms with Crippen molar-refractivity contribution in [3.05, 3.63) is 41.3 Å². The third-order valence-electron chi connectivity index (χ3n) is 5.30. The molecule has 2 amide bonds. The summed E-state index contributed by atoms with van der Waals surface area (Å²) in [5, 5.41) is 16.0. The normalized spacial score (nSPS) is 18.5. The van der Waals surface area contributed by atoms with Crippen molar-refractivity contribution in [2.45, 2.75) is 32.2 Å². The molecule has 1 aromatic heterocycles. The van der Waals surface area contributed by atoms with Crippen molar-refractivity contribution in [2.24, 2.45) is 4.99 Å². The van der Waals surface area contributed by atoms with Crippen LogP contribution in [0.15, 0.2) is 33.8 Å². The first-order valence-electron chi connectivity index (χ1n) is 8.82. The van der Waals surface area contributed by atoms with Crippen molar-refractivity contribution in [1.29, 1.82) is 0 Å². The minimum atomic E-state index is -0.959. The highest BCUT2D eigenvalue weighted by molar-refractivity contribution is 6.15. The van der Waals surface area contributed by atoms with Gasteiger partial charge in [0.25, 0.3) is 5.91 Å². The maximum atomic E-state index is 12.6. The summed E-state index contributed by atoms with van der Waals surface area (Å²) in [7, 11) is 0. The Hall–Kier alpha value is -3.16. The third kappa shape index (κ3) is 2.87. The van der Waals surface area contributed by atoms with Crippen molar-refractivity contribution in [3.63, 3.8) is 0 Å². The van der Waals surface area contributed by atoms with Gasteiger partial charge in [-0.05, 0) is 38.3 Å². The number of carbonyl (C=O) groups is 2. The first-order chi connectivity index (χ1) is 12.9. The number of amides is 2. The van der Waals surface area contributed by atoms with Crippen LogP contribution in [0.2, 0.25) is 0 Å². The van der Waals surface area contributed by atoms with E-state index in [0.29, 0.717) is 31.8 Å². The number of nitrogens with one attached hydrogen (secondary N) is 1. The summed E-state index contributed by atoms with van der Waals surface area (Å²) in [6.07, 6.45) is -0.184. The predicted molar refractivity (Wildman–Crippen MR) is 97.7 cm³/mol. The largest absolute Gasteiger partial charge is 0.465 e. The van der Waals surface area contributed by atoms with Crippen LogP contribution in [0.25, 0.3) is 11.1 Å². The van der Waals surface area contributed by atoms with Crippen molar-refractivity contribution in [2.75, 3.05) is 13.1 Å². The zero-order chi connectivity index (χ0) is 19.2. The predicted octanol–water partition coefficient (Wildman–Crippen LogP) is 2.35. The molecule has 2 N–H and O–H groups in total. The van der Waals surface area contributed by atoms with Gasteiger partial charge in [0, 0.05) is 24.2 Å². The van der Waals surface area contributed by atoms with E-state index in [1.165, 1.54) is 4.90 Å². The highest BCUT2D eigenvalue weighted by Crippen LogP contribution is 2.32. The Labute approximate surface area is 155 Å². The summed E-state index contributed by atoms with van der Waals surface area (Å²) in [6.45, 7) is 4.36. The molecule has 0 unspecified atom stereocenters. The lowest BCUT2D eigenvalue weighted by molar-refractivity contribution is -0.125. The van der Waals surface area contributed by atoms with Crippen LogP contribution in [-0.4, -0.2) is 51.6 Å². The molecular weight excluding hydrogens is 348 g/mol. The summed E-state index contributed by atoms with van der Waals surface area (Å²) < 4.78 is 5.25. The van der Waals surface area contributed by atoms with E-state index in [9.17, 15) is 9.59 Å². The standard InChI is InChI=1S/C19H20N4O4/c1-11-15(12(2)27-22-11)13-4-3-5-14(10-13)16-20-17(24)19(21-16)6-8-23(9-7-19)18(25)26/h3-5,10H,6-9H2,1-2H3,(H,25,26)(H,20,21,24). The Kier molecular flexibility index (Phi) is 3.98. The number of hydrogen-bond acceptors (Lipinski definition) is 5. The molecule has 0 radical (unpaired) electrons. The Bertz CT molecular complexity index is 935. The van der Waals surface area contributed by atoms with Crippen molar-refractivity contribution < 1.29 is 19.2 Å². The summed E-state index contributed by atoms with van der Waals surface area (Å²) in [4.78, 5) is 29.7. The SMILES string of the molecule is Cc1noc(C)c1-c1cccc(C2=NC3(CCN(C(=O)O)CC3)C(=O)N2)c1. The zero-order valence-corrected chi connectivity index (χ0v) is 15.2. The van der Waals surface area contributed by atoms with Crippen molar-refractivity contribution in [3.8, 4) is 11.1 Å². The number of amidine groups is 1. The summed E-state index contributed by atoms with van der Waals surface area (Å²) >= 11 is 0.